The predicted octanol–water partition coefficient (Wildman–Crippen LogP) is 1.17. The number of carbonyl (C=O) groups is 1. The van der Waals surface area contributed by atoms with Gasteiger partial charge in [-0.2, -0.15) is 0 Å². The molecule has 76 valence electrons. The van der Waals surface area contributed by atoms with Crippen molar-refractivity contribution in [1.82, 2.24) is 10.2 Å². The molecule has 1 rings (SSSR count). The van der Waals surface area contributed by atoms with Crippen LogP contribution in [0.3, 0.4) is 0 Å². The summed E-state index contributed by atoms with van der Waals surface area (Å²) in [6, 6.07) is 0. The van der Waals surface area contributed by atoms with Gasteiger partial charge < -0.3 is 9.64 Å². The van der Waals surface area contributed by atoms with E-state index in [0.29, 0.717) is 6.54 Å². The SMILES string of the molecule is CCN(C)C(=O)OC1CCCCN1. The number of carbonyl (C=O) groups excluding carboxylic acids is 1. The fourth-order valence-corrected chi connectivity index (χ4v) is 1.26. The maximum Gasteiger partial charge on any atom is 0.411 e. The summed E-state index contributed by atoms with van der Waals surface area (Å²) >= 11 is 0. The molecule has 0 aromatic heterocycles. The number of hydrogen-bond acceptors (Lipinski definition) is 3. The van der Waals surface area contributed by atoms with E-state index in [0.717, 1.165) is 19.4 Å². The molecule has 0 spiro atoms. The van der Waals surface area contributed by atoms with Crippen LogP contribution in [-0.2, 0) is 4.74 Å². The maximum atomic E-state index is 11.3. The Hall–Kier alpha value is -0.770. The highest BCUT2D eigenvalue weighted by Gasteiger charge is 2.18. The third-order valence-electron chi connectivity index (χ3n) is 2.29. The molecule has 1 fully saturated rings. The van der Waals surface area contributed by atoms with Crippen LogP contribution in [-0.4, -0.2) is 37.4 Å². The molecule has 1 heterocycles. The molecule has 1 aliphatic heterocycles. The maximum absolute atomic E-state index is 11.3. The summed E-state index contributed by atoms with van der Waals surface area (Å²) in [5.41, 5.74) is 0. The number of nitrogens with one attached hydrogen (secondary N) is 1. The molecule has 1 N–H and O–H groups in total. The van der Waals surface area contributed by atoms with Crippen molar-refractivity contribution in [1.29, 1.82) is 0 Å². The number of piperidine rings is 1. The Labute approximate surface area is 79.2 Å². The molecule has 1 aliphatic rings. The van der Waals surface area contributed by atoms with Crippen LogP contribution in [0.2, 0.25) is 0 Å². The van der Waals surface area contributed by atoms with Gasteiger partial charge in [0.05, 0.1) is 0 Å². The smallest absolute Gasteiger partial charge is 0.411 e. The van der Waals surface area contributed by atoms with Crippen molar-refractivity contribution >= 4 is 6.09 Å². The second kappa shape index (κ2) is 5.07. The van der Waals surface area contributed by atoms with Gasteiger partial charge in [0.25, 0.3) is 0 Å². The van der Waals surface area contributed by atoms with Gasteiger partial charge in [-0.05, 0) is 32.7 Å². The van der Waals surface area contributed by atoms with E-state index in [-0.39, 0.29) is 12.3 Å². The molecule has 1 saturated heterocycles. The zero-order valence-corrected chi connectivity index (χ0v) is 8.38. The molecule has 13 heavy (non-hydrogen) atoms. The molecule has 0 saturated carbocycles. The highest BCUT2D eigenvalue weighted by atomic mass is 16.6. The van der Waals surface area contributed by atoms with Crippen molar-refractivity contribution in [3.8, 4) is 0 Å². The van der Waals surface area contributed by atoms with E-state index in [2.05, 4.69) is 5.32 Å². The van der Waals surface area contributed by atoms with Gasteiger partial charge in [-0.25, -0.2) is 4.79 Å². The van der Waals surface area contributed by atoms with E-state index in [4.69, 9.17) is 4.74 Å². The molecule has 1 amide bonds. The third-order valence-corrected chi connectivity index (χ3v) is 2.29. The van der Waals surface area contributed by atoms with E-state index in [1.807, 2.05) is 6.92 Å². The number of rotatable bonds is 2. The molecule has 0 aromatic rings. The van der Waals surface area contributed by atoms with Gasteiger partial charge in [0, 0.05) is 13.6 Å². The minimum absolute atomic E-state index is 0.0738. The van der Waals surface area contributed by atoms with E-state index in [9.17, 15) is 4.79 Å². The Morgan fingerprint density at radius 3 is 2.92 bits per heavy atom. The predicted molar refractivity (Wildman–Crippen MR) is 50.4 cm³/mol. The van der Waals surface area contributed by atoms with E-state index in [1.165, 1.54) is 6.42 Å². The topological polar surface area (TPSA) is 41.6 Å². The highest BCUT2D eigenvalue weighted by molar-refractivity contribution is 5.67. The summed E-state index contributed by atoms with van der Waals surface area (Å²) < 4.78 is 5.22. The van der Waals surface area contributed by atoms with Crippen LogP contribution in [0, 0.1) is 0 Å². The fourth-order valence-electron chi connectivity index (χ4n) is 1.26. The summed E-state index contributed by atoms with van der Waals surface area (Å²) in [5.74, 6) is 0. The zero-order chi connectivity index (χ0) is 9.68. The summed E-state index contributed by atoms with van der Waals surface area (Å²) in [4.78, 5) is 12.9. The zero-order valence-electron chi connectivity index (χ0n) is 8.38. The first-order valence-electron chi connectivity index (χ1n) is 4.89. The second-order valence-electron chi connectivity index (χ2n) is 3.34. The van der Waals surface area contributed by atoms with Gasteiger partial charge >= 0.3 is 6.09 Å². The lowest BCUT2D eigenvalue weighted by Crippen LogP contribution is -2.41. The average Bonchev–Trinajstić information content (AvgIpc) is 2.18. The first-order chi connectivity index (χ1) is 6.24. The van der Waals surface area contributed by atoms with E-state index >= 15 is 0 Å². The van der Waals surface area contributed by atoms with Gasteiger partial charge in [-0.15, -0.1) is 0 Å². The van der Waals surface area contributed by atoms with Gasteiger partial charge in [0.15, 0.2) is 6.23 Å². The molecule has 0 aromatic carbocycles. The molecule has 0 bridgehead atoms. The van der Waals surface area contributed by atoms with Crippen LogP contribution < -0.4 is 5.32 Å². The Morgan fingerprint density at radius 2 is 2.38 bits per heavy atom. The Kier molecular flexibility index (Phi) is 4.02. The molecular weight excluding hydrogens is 168 g/mol. The van der Waals surface area contributed by atoms with Gasteiger partial charge in [-0.3, -0.25) is 5.32 Å². The minimum Gasteiger partial charge on any atom is -0.430 e. The summed E-state index contributed by atoms with van der Waals surface area (Å²) in [6.45, 7) is 3.56. The van der Waals surface area contributed by atoms with Gasteiger partial charge in [-0.1, -0.05) is 0 Å². The van der Waals surface area contributed by atoms with Crippen molar-refractivity contribution in [2.24, 2.45) is 0 Å². The van der Waals surface area contributed by atoms with Crippen LogP contribution >= 0.6 is 0 Å². The number of amides is 1. The Morgan fingerprint density at radius 1 is 1.62 bits per heavy atom. The Balaban J connectivity index is 2.26. The van der Waals surface area contributed by atoms with Gasteiger partial charge in [0.1, 0.15) is 0 Å². The lowest BCUT2D eigenvalue weighted by molar-refractivity contribution is 0.0401. The van der Waals surface area contributed by atoms with Crippen molar-refractivity contribution in [2.75, 3.05) is 20.1 Å². The van der Waals surface area contributed by atoms with Crippen molar-refractivity contribution in [3.05, 3.63) is 0 Å². The third kappa shape index (κ3) is 3.22. The summed E-state index contributed by atoms with van der Waals surface area (Å²) in [6.07, 6.45) is 2.94. The van der Waals surface area contributed by atoms with Crippen LogP contribution in [0.1, 0.15) is 26.2 Å². The number of ether oxygens (including phenoxy) is 1. The normalized spacial score (nSPS) is 22.5. The van der Waals surface area contributed by atoms with Crippen LogP contribution in [0.25, 0.3) is 0 Å². The van der Waals surface area contributed by atoms with Crippen LogP contribution in [0.4, 0.5) is 4.79 Å². The van der Waals surface area contributed by atoms with E-state index in [1.54, 1.807) is 11.9 Å². The van der Waals surface area contributed by atoms with Crippen LogP contribution in [0.5, 0.6) is 0 Å². The standard InChI is InChI=1S/C9H18N2O2/c1-3-11(2)9(12)13-8-6-4-5-7-10-8/h8,10H,3-7H2,1-2H3. The monoisotopic (exact) mass is 186 g/mol. The Bertz CT molecular complexity index is 167. The largest absolute Gasteiger partial charge is 0.430 e. The summed E-state index contributed by atoms with van der Waals surface area (Å²) in [5, 5.41) is 3.16. The molecule has 0 radical (unpaired) electrons. The molecule has 4 heteroatoms. The lowest BCUT2D eigenvalue weighted by atomic mass is 10.1. The molecule has 4 nitrogen and oxygen atoms in total. The van der Waals surface area contributed by atoms with Crippen LogP contribution in [0.15, 0.2) is 0 Å². The molecule has 1 unspecified atom stereocenters. The quantitative estimate of drug-likeness (QED) is 0.704. The minimum atomic E-state index is -0.234. The number of nitrogens with zero attached hydrogens (tertiary/aromatic N) is 1. The second-order valence-corrected chi connectivity index (χ2v) is 3.34. The first kappa shape index (κ1) is 10.3. The molecule has 0 aliphatic carbocycles. The highest BCUT2D eigenvalue weighted by Crippen LogP contribution is 2.08. The van der Waals surface area contributed by atoms with Crippen molar-refractivity contribution in [2.45, 2.75) is 32.4 Å². The van der Waals surface area contributed by atoms with Gasteiger partial charge in [0.2, 0.25) is 0 Å². The summed E-state index contributed by atoms with van der Waals surface area (Å²) in [7, 11) is 1.74. The fraction of sp³-hybridized carbons (Fsp3) is 0.889. The van der Waals surface area contributed by atoms with Crippen molar-refractivity contribution in [3.63, 3.8) is 0 Å². The lowest BCUT2D eigenvalue weighted by Gasteiger charge is -2.25. The molecular formula is C9H18N2O2. The first-order valence-corrected chi connectivity index (χ1v) is 4.89. The van der Waals surface area contributed by atoms with Crippen molar-refractivity contribution < 1.29 is 9.53 Å². The average molecular weight is 186 g/mol. The molecule has 1 atom stereocenters. The number of hydrogen-bond donors (Lipinski definition) is 1. The van der Waals surface area contributed by atoms with E-state index < -0.39 is 0 Å².